The fraction of sp³-hybridized carbons (Fsp3) is 0.261. The van der Waals surface area contributed by atoms with Crippen molar-refractivity contribution in [3.63, 3.8) is 0 Å². The molecule has 0 atom stereocenters. The number of fused-ring (bicyclic) bond motifs is 1. The second-order valence-corrected chi connectivity index (χ2v) is 11.2. The van der Waals surface area contributed by atoms with Gasteiger partial charge in [-0.3, -0.25) is 9.40 Å². The third-order valence-electron chi connectivity index (χ3n) is 5.31. The summed E-state index contributed by atoms with van der Waals surface area (Å²) in [5, 5.41) is 4.24. The summed E-state index contributed by atoms with van der Waals surface area (Å²) in [6.45, 7) is 6.84. The van der Waals surface area contributed by atoms with E-state index in [1.165, 1.54) is 0 Å². The molecule has 2 aliphatic heterocycles. The van der Waals surface area contributed by atoms with Gasteiger partial charge in [-0.1, -0.05) is 39.0 Å². The average Bonchev–Trinajstić information content (AvgIpc) is 3.16. The summed E-state index contributed by atoms with van der Waals surface area (Å²) in [4.78, 5) is 2.18. The molecule has 162 valence electrons. The molecule has 6 nitrogen and oxygen atoms in total. The molecule has 1 N–H and O–H groups in total. The van der Waals surface area contributed by atoms with Gasteiger partial charge in [-0.05, 0) is 62.8 Å². The molecule has 0 saturated heterocycles. The number of halogens is 1. The Kier molecular flexibility index (Phi) is 5.47. The van der Waals surface area contributed by atoms with Crippen LogP contribution in [0.2, 0.25) is 0 Å². The zero-order chi connectivity index (χ0) is 22.4. The number of allylic oxidation sites excluding steroid dienone is 5. The lowest BCUT2D eigenvalue weighted by Crippen LogP contribution is -2.37. The van der Waals surface area contributed by atoms with Gasteiger partial charge in [-0.2, -0.15) is 5.10 Å². The molecule has 8 heteroatoms. The lowest BCUT2D eigenvalue weighted by atomic mass is 9.87. The van der Waals surface area contributed by atoms with Crippen molar-refractivity contribution in [1.29, 1.82) is 0 Å². The number of nitrogens with one attached hydrogen (secondary N) is 1. The van der Waals surface area contributed by atoms with Crippen LogP contribution in [0, 0.1) is 0 Å². The highest BCUT2D eigenvalue weighted by Crippen LogP contribution is 2.35. The smallest absolute Gasteiger partial charge is 0.262 e. The van der Waals surface area contributed by atoms with Gasteiger partial charge >= 0.3 is 0 Å². The summed E-state index contributed by atoms with van der Waals surface area (Å²) in [6.07, 6.45) is 11.5. The van der Waals surface area contributed by atoms with Gasteiger partial charge in [0.2, 0.25) is 0 Å². The van der Waals surface area contributed by atoms with Crippen LogP contribution in [0.5, 0.6) is 0 Å². The number of benzene rings is 1. The zero-order valence-electron chi connectivity index (χ0n) is 17.9. The maximum Gasteiger partial charge on any atom is 0.262 e. The number of nitrogens with zero attached hydrogens (tertiary/aromatic N) is 3. The topological polar surface area (TPSA) is 67.2 Å². The van der Waals surface area contributed by atoms with Crippen molar-refractivity contribution < 1.29 is 8.42 Å². The summed E-state index contributed by atoms with van der Waals surface area (Å²) < 4.78 is 31.5. The van der Waals surface area contributed by atoms with Crippen molar-refractivity contribution in [2.45, 2.75) is 31.1 Å². The minimum absolute atomic E-state index is 0.0372. The predicted molar refractivity (Wildman–Crippen MR) is 127 cm³/mol. The summed E-state index contributed by atoms with van der Waals surface area (Å²) in [5.74, 6) is 0.510. The average molecular weight is 501 g/mol. The van der Waals surface area contributed by atoms with Crippen molar-refractivity contribution >= 4 is 31.5 Å². The molecule has 0 amide bonds. The number of rotatable bonds is 4. The summed E-state index contributed by atoms with van der Waals surface area (Å²) in [7, 11) is -1.84. The fourth-order valence-corrected chi connectivity index (χ4v) is 5.04. The molecular formula is C23H25BrN4O2S. The molecule has 0 aliphatic carbocycles. The number of hydrogen-bond acceptors (Lipinski definition) is 4. The van der Waals surface area contributed by atoms with Gasteiger partial charge in [0.15, 0.2) is 0 Å². The van der Waals surface area contributed by atoms with E-state index in [0.717, 1.165) is 26.9 Å². The molecule has 1 aromatic heterocycles. The van der Waals surface area contributed by atoms with Crippen LogP contribution >= 0.6 is 15.9 Å². The van der Waals surface area contributed by atoms with E-state index in [1.54, 1.807) is 22.9 Å². The minimum atomic E-state index is -3.72. The Morgan fingerprint density at radius 3 is 2.45 bits per heavy atom. The maximum absolute atomic E-state index is 13.0. The van der Waals surface area contributed by atoms with Crippen molar-refractivity contribution in [3.05, 3.63) is 88.1 Å². The highest BCUT2D eigenvalue weighted by Gasteiger charge is 2.27. The Labute approximate surface area is 191 Å². The van der Waals surface area contributed by atoms with E-state index in [0.29, 0.717) is 12.4 Å². The Balaban J connectivity index is 1.59. The normalized spacial score (nSPS) is 16.7. The van der Waals surface area contributed by atoms with E-state index >= 15 is 0 Å². The molecule has 0 fully saturated rings. The highest BCUT2D eigenvalue weighted by molar-refractivity contribution is 9.12. The Morgan fingerprint density at radius 1 is 1.13 bits per heavy atom. The van der Waals surface area contributed by atoms with Gasteiger partial charge in [0.25, 0.3) is 10.0 Å². The second kappa shape index (κ2) is 7.84. The van der Waals surface area contributed by atoms with E-state index in [2.05, 4.69) is 52.6 Å². The third kappa shape index (κ3) is 4.41. The molecule has 0 bridgehead atoms. The molecule has 0 radical (unpaired) electrons. The molecule has 3 heterocycles. The Hall–Kier alpha value is -2.58. The van der Waals surface area contributed by atoms with Gasteiger partial charge < -0.3 is 4.90 Å². The lowest BCUT2D eigenvalue weighted by Gasteiger charge is -2.34. The van der Waals surface area contributed by atoms with E-state index in [4.69, 9.17) is 0 Å². The molecule has 1 aromatic carbocycles. The molecule has 0 spiro atoms. The van der Waals surface area contributed by atoms with Crippen LogP contribution in [-0.2, 0) is 22.5 Å². The van der Waals surface area contributed by atoms with Gasteiger partial charge in [0.05, 0.1) is 16.8 Å². The number of hydrogen-bond donors (Lipinski definition) is 1. The fourth-order valence-electron chi connectivity index (χ4n) is 3.52. The second-order valence-electron chi connectivity index (χ2n) is 8.65. The van der Waals surface area contributed by atoms with Crippen LogP contribution in [0.3, 0.4) is 0 Å². The van der Waals surface area contributed by atoms with E-state index in [9.17, 15) is 8.42 Å². The van der Waals surface area contributed by atoms with Crippen LogP contribution in [0.25, 0.3) is 5.57 Å². The van der Waals surface area contributed by atoms with Crippen molar-refractivity contribution in [2.75, 3.05) is 6.54 Å². The Morgan fingerprint density at radius 2 is 1.84 bits per heavy atom. The number of aryl methyl sites for hydroxylation is 1. The van der Waals surface area contributed by atoms with E-state index in [-0.39, 0.29) is 10.3 Å². The standard InChI is InChI=1S/C23H25BrN4O2S/c1-23(2,3)18-5-7-19(8-6-18)31(29,30)26-22-10-9-20(24)21-13-16(11-12-28(21)22)17-14-25-27(4)15-17/h5-11,13-15,26H,12H2,1-4H3. The van der Waals surface area contributed by atoms with Crippen molar-refractivity contribution in [1.82, 2.24) is 19.4 Å². The van der Waals surface area contributed by atoms with Crippen LogP contribution in [0.15, 0.2) is 81.9 Å². The molecule has 31 heavy (non-hydrogen) atoms. The van der Waals surface area contributed by atoms with Gasteiger partial charge in [-0.15, -0.1) is 0 Å². The molecule has 4 rings (SSSR count). The van der Waals surface area contributed by atoms with E-state index in [1.807, 2.05) is 48.6 Å². The maximum atomic E-state index is 13.0. The van der Waals surface area contributed by atoms with Crippen LogP contribution in [-0.4, -0.2) is 29.6 Å². The minimum Gasteiger partial charge on any atom is -0.322 e. The molecule has 0 unspecified atom stereocenters. The SMILES string of the molecule is Cn1cc(C2=CCN3C(NS(=O)(=O)c4ccc(C(C)(C)C)cc4)=CC=C(Br)C3=C2)cn1. The predicted octanol–water partition coefficient (Wildman–Crippen LogP) is 4.41. The molecule has 2 aromatic rings. The largest absolute Gasteiger partial charge is 0.322 e. The first-order valence-corrected chi connectivity index (χ1v) is 12.2. The molecule has 2 aliphatic rings. The van der Waals surface area contributed by atoms with E-state index < -0.39 is 10.0 Å². The first-order chi connectivity index (χ1) is 14.5. The van der Waals surface area contributed by atoms with Crippen molar-refractivity contribution in [2.24, 2.45) is 7.05 Å². The number of sulfonamides is 1. The number of aromatic nitrogens is 2. The first kappa shape index (κ1) is 21.6. The van der Waals surface area contributed by atoms with Gasteiger partial charge in [0.1, 0.15) is 5.82 Å². The quantitative estimate of drug-likeness (QED) is 0.674. The highest BCUT2D eigenvalue weighted by atomic mass is 79.9. The lowest BCUT2D eigenvalue weighted by molar-refractivity contribution is 0.454. The molecular weight excluding hydrogens is 476 g/mol. The third-order valence-corrected chi connectivity index (χ3v) is 7.35. The van der Waals surface area contributed by atoms with Crippen LogP contribution in [0.1, 0.15) is 31.9 Å². The summed E-state index contributed by atoms with van der Waals surface area (Å²) >= 11 is 3.60. The summed E-state index contributed by atoms with van der Waals surface area (Å²) in [5.41, 5.74) is 4.01. The molecule has 0 saturated carbocycles. The van der Waals surface area contributed by atoms with Crippen molar-refractivity contribution in [3.8, 4) is 0 Å². The van der Waals surface area contributed by atoms with Crippen LogP contribution < -0.4 is 4.72 Å². The first-order valence-electron chi connectivity index (χ1n) is 9.94. The monoisotopic (exact) mass is 500 g/mol. The van der Waals surface area contributed by atoms with Crippen LogP contribution in [0.4, 0.5) is 0 Å². The Bertz CT molecular complexity index is 1240. The summed E-state index contributed by atoms with van der Waals surface area (Å²) in [6, 6.07) is 7.06. The zero-order valence-corrected chi connectivity index (χ0v) is 20.3. The van der Waals surface area contributed by atoms with Gasteiger partial charge in [0, 0.05) is 29.8 Å². The van der Waals surface area contributed by atoms with Gasteiger partial charge in [-0.25, -0.2) is 8.42 Å².